The predicted molar refractivity (Wildman–Crippen MR) is 72.3 cm³/mol. The van der Waals surface area contributed by atoms with Gasteiger partial charge in [-0.3, -0.25) is 0 Å². The molecule has 0 saturated heterocycles. The van der Waals surface area contributed by atoms with Gasteiger partial charge in [0.15, 0.2) is 5.69 Å². The van der Waals surface area contributed by atoms with Crippen molar-refractivity contribution in [3.05, 3.63) is 60.2 Å². The number of nitrogens with zero attached hydrogens (tertiary/aromatic N) is 2. The minimum Gasteiger partial charge on any atom is -0.477 e. The maximum Gasteiger partial charge on any atom is 0.354 e. The third kappa shape index (κ3) is 1.87. The monoisotopic (exact) mass is 252 g/mol. The highest BCUT2D eigenvalue weighted by molar-refractivity contribution is 5.87. The van der Waals surface area contributed by atoms with Crippen LogP contribution >= 0.6 is 0 Å². The van der Waals surface area contributed by atoms with Gasteiger partial charge in [-0.1, -0.05) is 30.3 Å². The van der Waals surface area contributed by atoms with Gasteiger partial charge in [0.25, 0.3) is 0 Å². The van der Waals surface area contributed by atoms with Crippen LogP contribution in [0.15, 0.2) is 48.8 Å². The number of hydrogen-bond acceptors (Lipinski definition) is 2. The molecule has 19 heavy (non-hydrogen) atoms. The minimum absolute atomic E-state index is 0.0598. The van der Waals surface area contributed by atoms with Gasteiger partial charge >= 0.3 is 5.97 Å². The summed E-state index contributed by atoms with van der Waals surface area (Å²) in [6.07, 6.45) is 1.56. The highest BCUT2D eigenvalue weighted by atomic mass is 16.4. The minimum atomic E-state index is -1.01. The quantitative estimate of drug-likeness (QED) is 0.762. The van der Waals surface area contributed by atoms with Crippen molar-refractivity contribution in [2.45, 2.75) is 6.92 Å². The van der Waals surface area contributed by atoms with E-state index in [9.17, 15) is 4.79 Å². The lowest BCUT2D eigenvalue weighted by Crippen LogP contribution is -2.01. The molecule has 1 N–H and O–H groups in total. The Hall–Kier alpha value is -2.62. The molecule has 0 unspecified atom stereocenters. The first-order valence-electron chi connectivity index (χ1n) is 5.93. The van der Waals surface area contributed by atoms with Gasteiger partial charge in [-0.25, -0.2) is 9.78 Å². The molecule has 4 heteroatoms. The smallest absolute Gasteiger partial charge is 0.354 e. The maximum absolute atomic E-state index is 10.9. The van der Waals surface area contributed by atoms with Crippen molar-refractivity contribution in [3.8, 4) is 11.1 Å². The molecule has 3 rings (SSSR count). The number of carbonyl (C=O) groups is 1. The first-order chi connectivity index (χ1) is 9.16. The summed E-state index contributed by atoms with van der Waals surface area (Å²) >= 11 is 0. The molecule has 0 radical (unpaired) electrons. The van der Waals surface area contributed by atoms with Crippen molar-refractivity contribution in [3.63, 3.8) is 0 Å². The number of benzene rings is 1. The van der Waals surface area contributed by atoms with Crippen LogP contribution in [0.25, 0.3) is 16.6 Å². The van der Waals surface area contributed by atoms with Crippen molar-refractivity contribution in [1.82, 2.24) is 9.38 Å². The number of aromatic nitrogens is 2. The Labute approximate surface area is 110 Å². The van der Waals surface area contributed by atoms with E-state index < -0.39 is 5.97 Å². The van der Waals surface area contributed by atoms with Gasteiger partial charge in [0.05, 0.1) is 0 Å². The molecule has 0 saturated carbocycles. The normalized spacial score (nSPS) is 10.8. The van der Waals surface area contributed by atoms with Gasteiger partial charge in [0.2, 0.25) is 0 Å². The molecule has 0 amide bonds. The summed E-state index contributed by atoms with van der Waals surface area (Å²) in [4.78, 5) is 14.9. The summed E-state index contributed by atoms with van der Waals surface area (Å²) < 4.78 is 1.90. The molecule has 0 aliphatic rings. The summed E-state index contributed by atoms with van der Waals surface area (Å²) in [7, 11) is 0. The van der Waals surface area contributed by atoms with E-state index in [0.717, 1.165) is 22.3 Å². The van der Waals surface area contributed by atoms with E-state index in [1.54, 1.807) is 12.4 Å². The molecule has 4 nitrogen and oxygen atoms in total. The second-order valence-corrected chi connectivity index (χ2v) is 4.38. The van der Waals surface area contributed by atoms with Crippen LogP contribution in [0, 0.1) is 6.92 Å². The lowest BCUT2D eigenvalue weighted by Gasteiger charge is -2.01. The van der Waals surface area contributed by atoms with Crippen LogP contribution in [0.2, 0.25) is 0 Å². The third-order valence-corrected chi connectivity index (χ3v) is 3.22. The molecule has 0 aliphatic heterocycles. The van der Waals surface area contributed by atoms with Gasteiger partial charge in [0.1, 0.15) is 6.33 Å². The fourth-order valence-electron chi connectivity index (χ4n) is 2.23. The van der Waals surface area contributed by atoms with E-state index in [1.165, 1.54) is 0 Å². The summed E-state index contributed by atoms with van der Waals surface area (Å²) in [5.74, 6) is -1.01. The van der Waals surface area contributed by atoms with Crippen molar-refractivity contribution in [2.75, 3.05) is 0 Å². The molecule has 0 fully saturated rings. The van der Waals surface area contributed by atoms with Crippen molar-refractivity contribution >= 4 is 11.5 Å². The van der Waals surface area contributed by atoms with Crippen LogP contribution in [0.1, 0.15) is 16.2 Å². The van der Waals surface area contributed by atoms with Gasteiger partial charge in [-0.2, -0.15) is 0 Å². The summed E-state index contributed by atoms with van der Waals surface area (Å²) in [5.41, 5.74) is 4.14. The average Bonchev–Trinajstić information content (AvgIpc) is 2.76. The van der Waals surface area contributed by atoms with E-state index in [-0.39, 0.29) is 5.69 Å². The van der Waals surface area contributed by atoms with Gasteiger partial charge in [-0.05, 0) is 24.6 Å². The Morgan fingerprint density at radius 3 is 2.63 bits per heavy atom. The molecule has 0 spiro atoms. The Bertz CT molecular complexity index is 760. The molecule has 0 bridgehead atoms. The number of hydrogen-bond donors (Lipinski definition) is 1. The van der Waals surface area contributed by atoms with Crippen LogP contribution in [0.4, 0.5) is 0 Å². The van der Waals surface area contributed by atoms with Crippen LogP contribution in [-0.2, 0) is 0 Å². The number of carboxylic acids is 1. The maximum atomic E-state index is 10.9. The van der Waals surface area contributed by atoms with Crippen LogP contribution in [-0.4, -0.2) is 20.5 Å². The highest BCUT2D eigenvalue weighted by Crippen LogP contribution is 2.26. The van der Waals surface area contributed by atoms with E-state index >= 15 is 0 Å². The zero-order chi connectivity index (χ0) is 13.4. The molecule has 1 aromatic carbocycles. The Balaban J connectivity index is 2.23. The van der Waals surface area contributed by atoms with Crippen molar-refractivity contribution < 1.29 is 9.90 Å². The third-order valence-electron chi connectivity index (χ3n) is 3.22. The van der Waals surface area contributed by atoms with Crippen molar-refractivity contribution in [2.24, 2.45) is 0 Å². The standard InChI is InChI=1S/C15H12N2O2/c1-10-13(11-5-3-2-4-6-11)7-12-8-14(15(18)19)16-9-17(10)12/h2-9H,1H3,(H,18,19). The van der Waals surface area contributed by atoms with Crippen LogP contribution < -0.4 is 0 Å². The summed E-state index contributed by atoms with van der Waals surface area (Å²) in [6, 6.07) is 13.6. The predicted octanol–water partition coefficient (Wildman–Crippen LogP) is 3.01. The van der Waals surface area contributed by atoms with Gasteiger partial charge in [-0.15, -0.1) is 0 Å². The average molecular weight is 252 g/mol. The summed E-state index contributed by atoms with van der Waals surface area (Å²) in [6.45, 7) is 2.00. The van der Waals surface area contributed by atoms with Crippen molar-refractivity contribution in [1.29, 1.82) is 0 Å². The number of aromatic carboxylic acids is 1. The number of rotatable bonds is 2. The first-order valence-corrected chi connectivity index (χ1v) is 5.93. The number of fused-ring (bicyclic) bond motifs is 1. The number of aryl methyl sites for hydroxylation is 1. The fourth-order valence-corrected chi connectivity index (χ4v) is 2.23. The second kappa shape index (κ2) is 4.24. The zero-order valence-electron chi connectivity index (χ0n) is 10.4. The molecular formula is C15H12N2O2. The second-order valence-electron chi connectivity index (χ2n) is 4.38. The van der Waals surface area contributed by atoms with Gasteiger partial charge < -0.3 is 9.51 Å². The number of carboxylic acid groups (broad SMARTS) is 1. The van der Waals surface area contributed by atoms with E-state index in [0.29, 0.717) is 0 Å². The van der Waals surface area contributed by atoms with Crippen LogP contribution in [0.5, 0.6) is 0 Å². The largest absolute Gasteiger partial charge is 0.477 e. The molecule has 0 aliphatic carbocycles. The topological polar surface area (TPSA) is 54.6 Å². The fraction of sp³-hybridized carbons (Fsp3) is 0.0667. The molecule has 2 heterocycles. The Morgan fingerprint density at radius 1 is 1.21 bits per heavy atom. The summed E-state index contributed by atoms with van der Waals surface area (Å²) in [5, 5.41) is 8.97. The lowest BCUT2D eigenvalue weighted by molar-refractivity contribution is 0.0690. The Morgan fingerprint density at radius 2 is 1.95 bits per heavy atom. The molecule has 94 valence electrons. The first kappa shape index (κ1) is 11.5. The Kier molecular flexibility index (Phi) is 2.56. The molecule has 2 aromatic heterocycles. The zero-order valence-corrected chi connectivity index (χ0v) is 10.4. The molecule has 3 aromatic rings. The molecule has 0 atom stereocenters. The lowest BCUT2D eigenvalue weighted by atomic mass is 10.1. The van der Waals surface area contributed by atoms with E-state index in [2.05, 4.69) is 4.98 Å². The van der Waals surface area contributed by atoms with E-state index in [4.69, 9.17) is 5.11 Å². The van der Waals surface area contributed by atoms with Gasteiger partial charge in [0, 0.05) is 16.8 Å². The molecular weight excluding hydrogens is 240 g/mol. The SMILES string of the molecule is Cc1c(-c2ccccc2)cc2cc(C(=O)O)ncn12. The van der Waals surface area contributed by atoms with E-state index in [1.807, 2.05) is 47.7 Å². The highest BCUT2D eigenvalue weighted by Gasteiger charge is 2.11. The van der Waals surface area contributed by atoms with Crippen LogP contribution in [0.3, 0.4) is 0 Å².